The predicted octanol–water partition coefficient (Wildman–Crippen LogP) is 2.37. The number of hydrogen-bond acceptors (Lipinski definition) is 11. The monoisotopic (exact) mass is 469 g/mol. The van der Waals surface area contributed by atoms with E-state index < -0.39 is 45.7 Å². The summed E-state index contributed by atoms with van der Waals surface area (Å²) >= 11 is 0.788. The third-order valence-electron chi connectivity index (χ3n) is 4.22. The lowest BCUT2D eigenvalue weighted by Crippen LogP contribution is -2.21. The first-order valence-electron chi connectivity index (χ1n) is 9.08. The zero-order chi connectivity index (χ0) is 24.2. The average molecular weight is 469 g/mol. The van der Waals surface area contributed by atoms with Crippen LogP contribution in [0.25, 0.3) is 0 Å². The Morgan fingerprint density at radius 2 is 1.81 bits per heavy atom. The molecule has 0 bridgehead atoms. The van der Waals surface area contributed by atoms with Crippen molar-refractivity contribution in [1.29, 1.82) is 0 Å². The second-order valence-electron chi connectivity index (χ2n) is 6.37. The second-order valence-corrected chi connectivity index (χ2v) is 7.39. The molecule has 0 aliphatic heterocycles. The number of carbonyl (C=O) groups excluding carboxylic acids is 3. The van der Waals surface area contributed by atoms with Gasteiger partial charge in [-0.3, -0.25) is 14.9 Å². The highest BCUT2D eigenvalue weighted by Crippen LogP contribution is 2.34. The number of anilines is 1. The van der Waals surface area contributed by atoms with Crippen LogP contribution in [0, 0.1) is 34.1 Å². The standard InChI is InChI=1S/C17H19N5O9S/c1-5-6-31-16(24)11-8(2)13(17(25)30-4)32-15(11)18-10(23)7-20-9(3)12(21(26)27)14(19-20)22(28)29/h5-7H2,1-4H3,(H,18,23). The molecule has 0 saturated heterocycles. The van der Waals surface area contributed by atoms with Crippen LogP contribution in [-0.2, 0) is 20.8 Å². The van der Waals surface area contributed by atoms with Gasteiger partial charge in [0, 0.05) is 0 Å². The lowest BCUT2D eigenvalue weighted by Gasteiger charge is -2.07. The molecule has 0 atom stereocenters. The van der Waals surface area contributed by atoms with E-state index in [1.807, 2.05) is 0 Å². The smallest absolute Gasteiger partial charge is 0.465 e. The number of esters is 2. The minimum absolute atomic E-state index is 0.00260. The molecule has 2 aromatic heterocycles. The molecule has 32 heavy (non-hydrogen) atoms. The first kappa shape index (κ1) is 24.4. The molecule has 1 amide bonds. The summed E-state index contributed by atoms with van der Waals surface area (Å²) in [5.74, 6) is -3.26. The van der Waals surface area contributed by atoms with Crippen LogP contribution >= 0.6 is 11.3 Å². The van der Waals surface area contributed by atoms with Crippen LogP contribution in [0.3, 0.4) is 0 Å². The number of nitrogens with one attached hydrogen (secondary N) is 1. The largest absolute Gasteiger partial charge is 0.468 e. The van der Waals surface area contributed by atoms with Gasteiger partial charge in [0.25, 0.3) is 0 Å². The van der Waals surface area contributed by atoms with E-state index in [1.165, 1.54) is 13.8 Å². The van der Waals surface area contributed by atoms with Crippen molar-refractivity contribution >= 4 is 45.7 Å². The maximum atomic E-state index is 12.6. The number of hydrogen-bond donors (Lipinski definition) is 1. The molecular formula is C17H19N5O9S. The minimum atomic E-state index is -1.02. The average Bonchev–Trinajstić information content (AvgIpc) is 3.22. The number of methoxy groups -OCH3 is 1. The molecule has 0 unspecified atom stereocenters. The zero-order valence-electron chi connectivity index (χ0n) is 17.5. The number of nitro groups is 2. The van der Waals surface area contributed by atoms with Gasteiger partial charge in [0.1, 0.15) is 22.1 Å². The molecule has 14 nitrogen and oxygen atoms in total. The molecule has 2 heterocycles. The van der Waals surface area contributed by atoms with E-state index in [1.54, 1.807) is 6.92 Å². The molecule has 2 aromatic rings. The summed E-state index contributed by atoms with van der Waals surface area (Å²) in [4.78, 5) is 57.3. The van der Waals surface area contributed by atoms with Crippen molar-refractivity contribution < 1.29 is 33.7 Å². The van der Waals surface area contributed by atoms with Crippen molar-refractivity contribution in [3.63, 3.8) is 0 Å². The molecule has 0 spiro atoms. The van der Waals surface area contributed by atoms with Crippen molar-refractivity contribution in [2.75, 3.05) is 19.0 Å². The van der Waals surface area contributed by atoms with Gasteiger partial charge in [0.15, 0.2) is 0 Å². The lowest BCUT2D eigenvalue weighted by molar-refractivity contribution is -0.424. The minimum Gasteiger partial charge on any atom is -0.465 e. The normalized spacial score (nSPS) is 10.5. The Hall–Kier alpha value is -3.88. The van der Waals surface area contributed by atoms with Crippen molar-refractivity contribution in [2.45, 2.75) is 33.7 Å². The van der Waals surface area contributed by atoms with Crippen molar-refractivity contribution in [2.24, 2.45) is 0 Å². The van der Waals surface area contributed by atoms with Crippen molar-refractivity contribution in [3.8, 4) is 0 Å². The molecule has 172 valence electrons. The fourth-order valence-electron chi connectivity index (χ4n) is 2.72. The van der Waals surface area contributed by atoms with E-state index in [9.17, 15) is 34.6 Å². The van der Waals surface area contributed by atoms with Crippen LogP contribution in [0.1, 0.15) is 44.6 Å². The fourth-order valence-corrected chi connectivity index (χ4v) is 3.84. The maximum Gasteiger partial charge on any atom is 0.468 e. The van der Waals surface area contributed by atoms with E-state index >= 15 is 0 Å². The Labute approximate surface area is 184 Å². The van der Waals surface area contributed by atoms with Crippen LogP contribution < -0.4 is 5.32 Å². The van der Waals surface area contributed by atoms with E-state index in [0.29, 0.717) is 6.42 Å². The third-order valence-corrected chi connectivity index (χ3v) is 5.41. The van der Waals surface area contributed by atoms with Crippen LogP contribution in [-0.4, -0.2) is 51.2 Å². The van der Waals surface area contributed by atoms with Gasteiger partial charge in [-0.15, -0.1) is 11.3 Å². The maximum absolute atomic E-state index is 12.6. The number of aromatic nitrogens is 2. The first-order valence-corrected chi connectivity index (χ1v) is 9.89. The Kier molecular flexibility index (Phi) is 7.58. The second kappa shape index (κ2) is 9.95. The molecular weight excluding hydrogens is 450 g/mol. The van der Waals surface area contributed by atoms with Crippen molar-refractivity contribution in [3.05, 3.63) is 41.9 Å². The SMILES string of the molecule is CCCOC(=O)c1c(NC(=O)Cn2nc([N+](=O)[O-])c([N+](=O)[O-])c2C)sc(C(=O)OC)c1C. The number of carbonyl (C=O) groups is 3. The zero-order valence-corrected chi connectivity index (χ0v) is 18.3. The van der Waals surface area contributed by atoms with E-state index in [0.717, 1.165) is 23.1 Å². The van der Waals surface area contributed by atoms with Crippen LogP contribution in [0.4, 0.5) is 16.5 Å². The van der Waals surface area contributed by atoms with Crippen LogP contribution in [0.15, 0.2) is 0 Å². The Morgan fingerprint density at radius 1 is 1.16 bits per heavy atom. The Bertz CT molecular complexity index is 1100. The molecule has 2 rings (SSSR count). The molecule has 0 saturated carbocycles. The summed E-state index contributed by atoms with van der Waals surface area (Å²) in [5.41, 5.74) is -0.810. The van der Waals surface area contributed by atoms with Gasteiger partial charge in [-0.05, 0) is 30.8 Å². The van der Waals surface area contributed by atoms with Crippen LogP contribution in [0.2, 0.25) is 0 Å². The molecule has 0 aliphatic rings. The predicted molar refractivity (Wildman–Crippen MR) is 110 cm³/mol. The highest BCUT2D eigenvalue weighted by Gasteiger charge is 2.36. The first-order chi connectivity index (χ1) is 15.0. The van der Waals surface area contributed by atoms with Crippen molar-refractivity contribution in [1.82, 2.24) is 9.78 Å². The van der Waals surface area contributed by atoms with Crippen LogP contribution in [0.5, 0.6) is 0 Å². The highest BCUT2D eigenvalue weighted by atomic mass is 32.1. The van der Waals surface area contributed by atoms with Gasteiger partial charge in [0.2, 0.25) is 5.91 Å². The summed E-state index contributed by atoms with van der Waals surface area (Å²) in [7, 11) is 1.16. The Balaban J connectivity index is 2.38. The van der Waals surface area contributed by atoms with Gasteiger partial charge in [-0.25, -0.2) is 9.59 Å². The van der Waals surface area contributed by atoms with Gasteiger partial charge < -0.3 is 24.9 Å². The van der Waals surface area contributed by atoms with Gasteiger partial charge in [-0.2, -0.15) is 4.68 Å². The summed E-state index contributed by atoms with van der Waals surface area (Å²) < 4.78 is 10.6. The summed E-state index contributed by atoms with van der Waals surface area (Å²) in [5, 5.41) is 28.1. The summed E-state index contributed by atoms with van der Waals surface area (Å²) in [6.45, 7) is 4.00. The Morgan fingerprint density at radius 3 is 2.31 bits per heavy atom. The summed E-state index contributed by atoms with van der Waals surface area (Å²) in [6.07, 6.45) is 0.552. The number of thiophene rings is 1. The highest BCUT2D eigenvalue weighted by molar-refractivity contribution is 7.18. The molecule has 15 heteroatoms. The number of nitrogens with zero attached hydrogens (tertiary/aromatic N) is 4. The number of rotatable bonds is 9. The molecule has 0 fully saturated rings. The summed E-state index contributed by atoms with van der Waals surface area (Å²) in [6, 6.07) is 0. The fraction of sp³-hybridized carbons (Fsp3) is 0.412. The quantitative estimate of drug-likeness (QED) is 0.324. The third kappa shape index (κ3) is 4.88. The lowest BCUT2D eigenvalue weighted by atomic mass is 10.1. The number of amides is 1. The van der Waals surface area contributed by atoms with E-state index in [-0.39, 0.29) is 33.3 Å². The molecule has 1 N–H and O–H groups in total. The van der Waals surface area contributed by atoms with Gasteiger partial charge in [0.05, 0.1) is 29.3 Å². The topological polar surface area (TPSA) is 186 Å². The van der Waals surface area contributed by atoms with Gasteiger partial charge >= 0.3 is 23.4 Å². The van der Waals surface area contributed by atoms with E-state index in [2.05, 4.69) is 15.2 Å². The molecule has 0 aliphatic carbocycles. The molecule has 0 radical (unpaired) electrons. The molecule has 0 aromatic carbocycles. The number of ether oxygens (including phenoxy) is 2. The van der Waals surface area contributed by atoms with Gasteiger partial charge in [-0.1, -0.05) is 6.92 Å². The van der Waals surface area contributed by atoms with E-state index in [4.69, 9.17) is 4.74 Å².